The molecule has 0 fully saturated rings. The van der Waals surface area contributed by atoms with E-state index in [0.29, 0.717) is 18.1 Å². The summed E-state index contributed by atoms with van der Waals surface area (Å²) < 4.78 is 5.96. The molecule has 1 amide bonds. The van der Waals surface area contributed by atoms with Crippen LogP contribution in [0.5, 0.6) is 5.75 Å². The van der Waals surface area contributed by atoms with Crippen molar-refractivity contribution in [3.05, 3.63) is 83.6 Å². The van der Waals surface area contributed by atoms with Gasteiger partial charge in [0, 0.05) is 17.7 Å². The van der Waals surface area contributed by atoms with E-state index in [-0.39, 0.29) is 24.3 Å². The Labute approximate surface area is 213 Å². The molecule has 1 heterocycles. The van der Waals surface area contributed by atoms with Crippen molar-refractivity contribution in [3.63, 3.8) is 0 Å². The number of hydrogen-bond donors (Lipinski definition) is 2. The first-order chi connectivity index (χ1) is 17.1. The third-order valence-corrected chi connectivity index (χ3v) is 6.08. The van der Waals surface area contributed by atoms with Gasteiger partial charge in [-0.1, -0.05) is 64.1 Å². The minimum Gasteiger partial charge on any atom is -0.492 e. The fourth-order valence-electron chi connectivity index (χ4n) is 3.72. The summed E-state index contributed by atoms with van der Waals surface area (Å²) >= 11 is 0. The molecule has 3 aromatic rings. The van der Waals surface area contributed by atoms with E-state index in [9.17, 15) is 9.59 Å². The van der Waals surface area contributed by atoms with Gasteiger partial charge in [0.05, 0.1) is 24.9 Å². The number of carbonyl (C=O) groups excluding carboxylic acids is 1. The van der Waals surface area contributed by atoms with Crippen molar-refractivity contribution in [1.82, 2.24) is 10.3 Å². The van der Waals surface area contributed by atoms with Crippen molar-refractivity contribution >= 4 is 11.9 Å². The van der Waals surface area contributed by atoms with Crippen LogP contribution in [0.1, 0.15) is 62.0 Å². The smallest absolute Gasteiger partial charge is 0.305 e. The van der Waals surface area contributed by atoms with E-state index in [1.165, 1.54) is 5.56 Å². The lowest BCUT2D eigenvalue weighted by atomic mass is 9.86. The predicted molar refractivity (Wildman–Crippen MR) is 142 cm³/mol. The van der Waals surface area contributed by atoms with Crippen LogP contribution in [0.2, 0.25) is 0 Å². The average Bonchev–Trinajstić information content (AvgIpc) is 2.86. The van der Waals surface area contributed by atoms with Crippen molar-refractivity contribution in [3.8, 4) is 17.0 Å². The van der Waals surface area contributed by atoms with Crippen LogP contribution in [-0.4, -0.2) is 35.1 Å². The largest absolute Gasteiger partial charge is 0.492 e. The zero-order valence-corrected chi connectivity index (χ0v) is 21.6. The molecule has 1 unspecified atom stereocenters. The van der Waals surface area contributed by atoms with Crippen LogP contribution in [0.15, 0.2) is 66.9 Å². The number of nitrogens with one attached hydrogen (secondary N) is 1. The number of benzene rings is 2. The van der Waals surface area contributed by atoms with E-state index in [2.05, 4.69) is 62.3 Å². The van der Waals surface area contributed by atoms with Crippen LogP contribution >= 0.6 is 0 Å². The summed E-state index contributed by atoms with van der Waals surface area (Å²) in [4.78, 5) is 27.2. The van der Waals surface area contributed by atoms with Crippen LogP contribution in [0.4, 0.5) is 0 Å². The molecule has 1 aromatic heterocycles. The van der Waals surface area contributed by atoms with E-state index in [4.69, 9.17) is 9.84 Å². The van der Waals surface area contributed by atoms with Crippen molar-refractivity contribution in [2.75, 3.05) is 13.2 Å². The topological polar surface area (TPSA) is 88.5 Å². The second-order valence-electron chi connectivity index (χ2n) is 10.3. The number of ether oxygens (including phenoxy) is 1. The third kappa shape index (κ3) is 8.22. The molecular formula is C30H36N2O4. The van der Waals surface area contributed by atoms with Gasteiger partial charge < -0.3 is 15.2 Å². The normalized spacial score (nSPS) is 12.1. The van der Waals surface area contributed by atoms with Gasteiger partial charge in [-0.2, -0.15) is 0 Å². The second kappa shape index (κ2) is 12.3. The fraction of sp³-hybridized carbons (Fsp3) is 0.367. The minimum atomic E-state index is -0.932. The molecule has 0 aliphatic rings. The fourth-order valence-corrected chi connectivity index (χ4v) is 3.72. The van der Waals surface area contributed by atoms with Crippen LogP contribution in [0.3, 0.4) is 0 Å². The molecular weight excluding hydrogens is 452 g/mol. The number of amides is 1. The molecule has 36 heavy (non-hydrogen) atoms. The lowest BCUT2D eigenvalue weighted by molar-refractivity contribution is -0.136. The highest BCUT2D eigenvalue weighted by molar-refractivity contribution is 5.94. The number of carbonyl (C=O) groups is 2. The van der Waals surface area contributed by atoms with Gasteiger partial charge in [0.1, 0.15) is 5.75 Å². The van der Waals surface area contributed by atoms with E-state index >= 15 is 0 Å². The number of aromatic nitrogens is 1. The number of pyridine rings is 1. The molecule has 0 radical (unpaired) electrons. The average molecular weight is 489 g/mol. The standard InChI is InChI=1S/C30H36N2O4/c1-21(5-6-22-7-9-24(10-8-22)29(35)31-18-17-28(33)34)20-36-26-15-16-27(32-19-26)23-11-13-25(14-12-23)30(2,3)4/h7-16,19,21H,5-6,17-18,20H2,1-4H3,(H,31,35)(H,33,34). The first-order valence-electron chi connectivity index (χ1n) is 12.4. The molecule has 2 N–H and O–H groups in total. The maximum absolute atomic E-state index is 12.0. The minimum absolute atomic E-state index is 0.0879. The predicted octanol–water partition coefficient (Wildman–Crippen LogP) is 5.90. The summed E-state index contributed by atoms with van der Waals surface area (Å²) in [5.74, 6) is -0.0752. The molecule has 0 bridgehead atoms. The van der Waals surface area contributed by atoms with Gasteiger partial charge in [-0.25, -0.2) is 0 Å². The lowest BCUT2D eigenvalue weighted by Crippen LogP contribution is -2.25. The highest BCUT2D eigenvalue weighted by Gasteiger charge is 2.13. The van der Waals surface area contributed by atoms with Crippen molar-refractivity contribution in [2.24, 2.45) is 5.92 Å². The Balaban J connectivity index is 1.43. The number of carboxylic acid groups (broad SMARTS) is 1. The van der Waals surface area contributed by atoms with Gasteiger partial charge in [0.2, 0.25) is 0 Å². The molecule has 2 aromatic carbocycles. The maximum Gasteiger partial charge on any atom is 0.305 e. The monoisotopic (exact) mass is 488 g/mol. The summed E-state index contributed by atoms with van der Waals surface area (Å²) in [7, 11) is 0. The highest BCUT2D eigenvalue weighted by atomic mass is 16.5. The maximum atomic E-state index is 12.0. The van der Waals surface area contributed by atoms with Crippen LogP contribution < -0.4 is 10.1 Å². The van der Waals surface area contributed by atoms with Gasteiger partial charge in [0.25, 0.3) is 5.91 Å². The van der Waals surface area contributed by atoms with Gasteiger partial charge in [-0.3, -0.25) is 14.6 Å². The quantitative estimate of drug-likeness (QED) is 0.351. The molecule has 0 aliphatic heterocycles. The molecule has 1 atom stereocenters. The number of aryl methyl sites for hydroxylation is 1. The summed E-state index contributed by atoms with van der Waals surface area (Å²) in [6, 6.07) is 19.9. The van der Waals surface area contributed by atoms with E-state index in [1.807, 2.05) is 24.3 Å². The molecule has 0 saturated heterocycles. The van der Waals surface area contributed by atoms with Crippen LogP contribution in [-0.2, 0) is 16.6 Å². The van der Waals surface area contributed by atoms with E-state index in [1.54, 1.807) is 18.3 Å². The molecule has 0 aliphatic carbocycles. The lowest BCUT2D eigenvalue weighted by Gasteiger charge is -2.19. The number of nitrogens with zero attached hydrogens (tertiary/aromatic N) is 1. The van der Waals surface area contributed by atoms with Gasteiger partial charge in [-0.15, -0.1) is 0 Å². The van der Waals surface area contributed by atoms with Gasteiger partial charge in [0.15, 0.2) is 0 Å². The van der Waals surface area contributed by atoms with Crippen LogP contribution in [0.25, 0.3) is 11.3 Å². The summed E-state index contributed by atoms with van der Waals surface area (Å²) in [6.07, 6.45) is 3.53. The Morgan fingerprint density at radius 1 is 1.00 bits per heavy atom. The first-order valence-corrected chi connectivity index (χ1v) is 12.4. The third-order valence-electron chi connectivity index (χ3n) is 6.08. The Morgan fingerprint density at radius 2 is 1.69 bits per heavy atom. The van der Waals surface area contributed by atoms with Crippen LogP contribution in [0, 0.1) is 5.92 Å². The number of carboxylic acids is 1. The zero-order chi connectivity index (χ0) is 26.1. The van der Waals surface area contributed by atoms with E-state index in [0.717, 1.165) is 35.4 Å². The van der Waals surface area contributed by atoms with Gasteiger partial charge >= 0.3 is 5.97 Å². The SMILES string of the molecule is CC(CCc1ccc(C(=O)NCCC(=O)O)cc1)COc1ccc(-c2ccc(C(C)(C)C)cc2)nc1. The molecule has 6 heteroatoms. The Morgan fingerprint density at radius 3 is 2.28 bits per heavy atom. The van der Waals surface area contributed by atoms with Crippen molar-refractivity contribution < 1.29 is 19.4 Å². The van der Waals surface area contributed by atoms with Crippen molar-refractivity contribution in [2.45, 2.75) is 52.4 Å². The highest BCUT2D eigenvalue weighted by Crippen LogP contribution is 2.26. The Bertz CT molecular complexity index is 1130. The summed E-state index contributed by atoms with van der Waals surface area (Å²) in [5, 5.41) is 11.3. The molecule has 0 spiro atoms. The van der Waals surface area contributed by atoms with E-state index < -0.39 is 5.97 Å². The van der Waals surface area contributed by atoms with Crippen molar-refractivity contribution in [1.29, 1.82) is 0 Å². The molecule has 0 saturated carbocycles. The Hall–Kier alpha value is -3.67. The second-order valence-corrected chi connectivity index (χ2v) is 10.3. The molecule has 190 valence electrons. The summed E-state index contributed by atoms with van der Waals surface area (Å²) in [6.45, 7) is 9.50. The number of hydrogen-bond acceptors (Lipinski definition) is 4. The number of aliphatic carboxylic acids is 1. The zero-order valence-electron chi connectivity index (χ0n) is 21.6. The molecule has 6 nitrogen and oxygen atoms in total. The number of rotatable bonds is 11. The summed E-state index contributed by atoms with van der Waals surface area (Å²) in [5.41, 5.74) is 5.12. The molecule has 3 rings (SSSR count). The van der Waals surface area contributed by atoms with Gasteiger partial charge in [-0.05, 0) is 59.6 Å². The Kier molecular flexibility index (Phi) is 9.23. The first kappa shape index (κ1) is 26.9.